The van der Waals surface area contributed by atoms with E-state index in [9.17, 15) is 4.39 Å². The van der Waals surface area contributed by atoms with Crippen molar-refractivity contribution in [1.29, 1.82) is 0 Å². The van der Waals surface area contributed by atoms with Gasteiger partial charge >= 0.3 is 0 Å². The number of nitrogens with two attached hydrogens (primary N) is 1. The fraction of sp³-hybridized carbons (Fsp3) is 0.200. The first kappa shape index (κ1) is 9.89. The van der Waals surface area contributed by atoms with Crippen molar-refractivity contribution in [3.63, 3.8) is 0 Å². The molecule has 0 saturated carbocycles. The van der Waals surface area contributed by atoms with E-state index in [4.69, 9.17) is 10.8 Å². The fourth-order valence-corrected chi connectivity index (χ4v) is 0.898. The number of aliphatic hydroxyl groups excluding tert-OH is 1. The zero-order valence-electron chi connectivity index (χ0n) is 7.15. The Morgan fingerprint density at radius 3 is 2.77 bits per heavy atom. The number of hydrogen-bond donors (Lipinski definition) is 2. The lowest BCUT2D eigenvalue weighted by molar-refractivity contribution is 0.284. The van der Waals surface area contributed by atoms with E-state index in [2.05, 4.69) is 0 Å². The molecule has 0 heterocycles. The molecule has 3 N–H and O–H groups in total. The molecule has 1 aromatic carbocycles. The van der Waals surface area contributed by atoms with Crippen LogP contribution in [0.3, 0.4) is 0 Å². The van der Waals surface area contributed by atoms with E-state index in [1.54, 1.807) is 30.4 Å². The van der Waals surface area contributed by atoms with Crippen LogP contribution in [0.1, 0.15) is 5.56 Å². The van der Waals surface area contributed by atoms with Crippen molar-refractivity contribution in [2.45, 2.75) is 6.04 Å². The minimum absolute atomic E-state index is 0.134. The fourth-order valence-electron chi connectivity index (χ4n) is 0.898. The van der Waals surface area contributed by atoms with E-state index >= 15 is 0 Å². The first-order valence-corrected chi connectivity index (χ1v) is 4.03. The molecule has 0 spiro atoms. The average Bonchev–Trinajstić information content (AvgIpc) is 2.16. The lowest BCUT2D eigenvalue weighted by atomic mass is 10.1. The summed E-state index contributed by atoms with van der Waals surface area (Å²) in [6.07, 6.45) is 3.13. The van der Waals surface area contributed by atoms with E-state index in [0.717, 1.165) is 0 Å². The van der Waals surface area contributed by atoms with Crippen molar-refractivity contribution >= 4 is 6.08 Å². The van der Waals surface area contributed by atoms with E-state index in [1.165, 1.54) is 6.07 Å². The van der Waals surface area contributed by atoms with Gasteiger partial charge in [-0.3, -0.25) is 0 Å². The molecule has 0 aliphatic carbocycles. The van der Waals surface area contributed by atoms with Crippen molar-refractivity contribution < 1.29 is 9.50 Å². The van der Waals surface area contributed by atoms with Crippen molar-refractivity contribution in [1.82, 2.24) is 0 Å². The summed E-state index contributed by atoms with van der Waals surface area (Å²) in [5.74, 6) is -0.288. The second-order valence-corrected chi connectivity index (χ2v) is 2.73. The number of rotatable bonds is 3. The van der Waals surface area contributed by atoms with Crippen molar-refractivity contribution in [3.8, 4) is 0 Å². The Hall–Kier alpha value is -1.19. The Bertz CT molecular complexity index is 299. The summed E-state index contributed by atoms with van der Waals surface area (Å²) in [7, 11) is 0. The maximum atomic E-state index is 13.0. The summed E-state index contributed by atoms with van der Waals surface area (Å²) in [5.41, 5.74) is 5.89. The molecule has 0 aromatic heterocycles. The van der Waals surface area contributed by atoms with Crippen LogP contribution in [0, 0.1) is 5.82 Å². The van der Waals surface area contributed by atoms with Crippen LogP contribution >= 0.6 is 0 Å². The minimum atomic E-state index is -0.431. The molecule has 1 atom stereocenters. The summed E-state index contributed by atoms with van der Waals surface area (Å²) in [6.45, 7) is -0.134. The van der Waals surface area contributed by atoms with Crippen LogP contribution in [0.15, 0.2) is 30.3 Å². The SMILES string of the molecule is NC(/C=C/c1ccccc1F)CO. The van der Waals surface area contributed by atoms with Gasteiger partial charge in [-0.1, -0.05) is 30.4 Å². The topological polar surface area (TPSA) is 46.2 Å². The molecular formula is C10H12FNO. The predicted octanol–water partition coefficient (Wildman–Crippen LogP) is 1.16. The molecule has 0 fully saturated rings. The molecule has 1 unspecified atom stereocenters. The van der Waals surface area contributed by atoms with Crippen molar-refractivity contribution in [2.24, 2.45) is 5.73 Å². The van der Waals surface area contributed by atoms with Gasteiger partial charge in [-0.15, -0.1) is 0 Å². The Morgan fingerprint density at radius 1 is 1.46 bits per heavy atom. The molecule has 13 heavy (non-hydrogen) atoms. The van der Waals surface area contributed by atoms with Crippen LogP contribution in [0.4, 0.5) is 4.39 Å². The molecule has 70 valence electrons. The van der Waals surface area contributed by atoms with Crippen LogP contribution in [-0.4, -0.2) is 17.8 Å². The van der Waals surface area contributed by atoms with E-state index in [0.29, 0.717) is 5.56 Å². The smallest absolute Gasteiger partial charge is 0.130 e. The van der Waals surface area contributed by atoms with Crippen LogP contribution in [-0.2, 0) is 0 Å². The first-order valence-electron chi connectivity index (χ1n) is 4.03. The van der Waals surface area contributed by atoms with E-state index < -0.39 is 6.04 Å². The van der Waals surface area contributed by atoms with Gasteiger partial charge < -0.3 is 10.8 Å². The summed E-state index contributed by atoms with van der Waals surface area (Å²) in [5, 5.41) is 8.61. The first-order chi connectivity index (χ1) is 6.24. The molecule has 0 radical (unpaired) electrons. The standard InChI is InChI=1S/C10H12FNO/c11-10-4-2-1-3-8(10)5-6-9(12)7-13/h1-6,9,13H,7,12H2/b6-5+. The van der Waals surface area contributed by atoms with Gasteiger partial charge in [-0.05, 0) is 6.07 Å². The van der Waals surface area contributed by atoms with E-state index in [1.807, 2.05) is 0 Å². The van der Waals surface area contributed by atoms with Gasteiger partial charge in [0.2, 0.25) is 0 Å². The van der Waals surface area contributed by atoms with Gasteiger partial charge in [-0.25, -0.2) is 4.39 Å². The normalized spacial score (nSPS) is 13.5. The molecule has 1 aromatic rings. The molecule has 0 aliphatic heterocycles. The number of benzene rings is 1. The molecule has 2 nitrogen and oxygen atoms in total. The van der Waals surface area contributed by atoms with Gasteiger partial charge in [0.25, 0.3) is 0 Å². The Balaban J connectivity index is 2.74. The predicted molar refractivity (Wildman–Crippen MR) is 50.5 cm³/mol. The summed E-state index contributed by atoms with van der Waals surface area (Å²) in [4.78, 5) is 0. The maximum absolute atomic E-state index is 13.0. The quantitative estimate of drug-likeness (QED) is 0.735. The summed E-state index contributed by atoms with van der Waals surface area (Å²) >= 11 is 0. The molecule has 0 saturated heterocycles. The van der Waals surface area contributed by atoms with Gasteiger partial charge in [0.1, 0.15) is 5.82 Å². The summed E-state index contributed by atoms with van der Waals surface area (Å²) < 4.78 is 13.0. The highest BCUT2D eigenvalue weighted by atomic mass is 19.1. The monoisotopic (exact) mass is 181 g/mol. The zero-order valence-corrected chi connectivity index (χ0v) is 7.15. The molecule has 3 heteroatoms. The van der Waals surface area contributed by atoms with Crippen LogP contribution in [0.2, 0.25) is 0 Å². The Morgan fingerprint density at radius 2 is 2.15 bits per heavy atom. The average molecular weight is 181 g/mol. The maximum Gasteiger partial charge on any atom is 0.130 e. The van der Waals surface area contributed by atoms with Crippen LogP contribution in [0.25, 0.3) is 6.08 Å². The molecule has 0 bridgehead atoms. The third-order valence-electron chi connectivity index (χ3n) is 1.64. The second-order valence-electron chi connectivity index (χ2n) is 2.73. The van der Waals surface area contributed by atoms with Crippen LogP contribution in [0.5, 0.6) is 0 Å². The largest absolute Gasteiger partial charge is 0.394 e. The molecular weight excluding hydrogens is 169 g/mol. The highest BCUT2D eigenvalue weighted by Gasteiger charge is 1.96. The number of aliphatic hydroxyl groups is 1. The molecule has 0 aliphatic rings. The third-order valence-corrected chi connectivity index (χ3v) is 1.64. The van der Waals surface area contributed by atoms with Gasteiger partial charge in [0.15, 0.2) is 0 Å². The van der Waals surface area contributed by atoms with Gasteiger partial charge in [0, 0.05) is 11.6 Å². The zero-order chi connectivity index (χ0) is 9.68. The lowest BCUT2D eigenvalue weighted by Gasteiger charge is -2.00. The number of halogens is 1. The minimum Gasteiger partial charge on any atom is -0.394 e. The third kappa shape index (κ3) is 2.97. The number of hydrogen-bond acceptors (Lipinski definition) is 2. The second kappa shape index (κ2) is 4.74. The van der Waals surface area contributed by atoms with Crippen LogP contribution < -0.4 is 5.73 Å². The Kier molecular flexibility index (Phi) is 3.61. The highest BCUT2D eigenvalue weighted by molar-refractivity contribution is 5.50. The Labute approximate surface area is 76.5 Å². The summed E-state index contributed by atoms with van der Waals surface area (Å²) in [6, 6.07) is 5.96. The van der Waals surface area contributed by atoms with Gasteiger partial charge in [-0.2, -0.15) is 0 Å². The molecule has 1 rings (SSSR count). The lowest BCUT2D eigenvalue weighted by Crippen LogP contribution is -2.20. The molecule has 0 amide bonds. The van der Waals surface area contributed by atoms with Gasteiger partial charge in [0.05, 0.1) is 6.61 Å². The van der Waals surface area contributed by atoms with Crippen molar-refractivity contribution in [3.05, 3.63) is 41.7 Å². The van der Waals surface area contributed by atoms with Crippen molar-refractivity contribution in [2.75, 3.05) is 6.61 Å². The highest BCUT2D eigenvalue weighted by Crippen LogP contribution is 2.08. The van der Waals surface area contributed by atoms with E-state index in [-0.39, 0.29) is 12.4 Å².